The van der Waals surface area contributed by atoms with Crippen LogP contribution >= 0.6 is 0 Å². The second kappa shape index (κ2) is 7.13. The fraction of sp³-hybridized carbons (Fsp3) is 0.933. The molecule has 0 bridgehead atoms. The molecule has 0 aromatic heterocycles. The smallest absolute Gasteiger partial charge is 0.222 e. The van der Waals surface area contributed by atoms with Crippen molar-refractivity contribution in [2.24, 2.45) is 5.92 Å². The largest absolute Gasteiger partial charge is 0.343 e. The molecule has 1 saturated carbocycles. The third kappa shape index (κ3) is 3.98. The van der Waals surface area contributed by atoms with Crippen LogP contribution in [0, 0.1) is 5.92 Å². The van der Waals surface area contributed by atoms with Gasteiger partial charge in [0.15, 0.2) is 0 Å². The number of piperidine rings is 1. The van der Waals surface area contributed by atoms with Gasteiger partial charge in [-0.05, 0) is 38.0 Å². The van der Waals surface area contributed by atoms with Gasteiger partial charge in [-0.15, -0.1) is 0 Å². The molecule has 1 atom stereocenters. The van der Waals surface area contributed by atoms with E-state index in [1.807, 2.05) is 11.9 Å². The summed E-state index contributed by atoms with van der Waals surface area (Å²) >= 11 is 0. The monoisotopic (exact) mass is 251 g/mol. The number of carbonyl (C=O) groups excluding carboxylic acids is 1. The SMILES string of the molecule is CN(C(=O)CCC1CCC[N]C1)C1CCCCC1. The zero-order chi connectivity index (χ0) is 12.8. The van der Waals surface area contributed by atoms with E-state index in [9.17, 15) is 4.79 Å². The van der Waals surface area contributed by atoms with Gasteiger partial charge >= 0.3 is 0 Å². The molecule has 1 heterocycles. The molecule has 0 aromatic rings. The minimum atomic E-state index is 0.354. The summed E-state index contributed by atoms with van der Waals surface area (Å²) < 4.78 is 0. The predicted octanol–water partition coefficient (Wildman–Crippen LogP) is 2.57. The molecule has 2 fully saturated rings. The van der Waals surface area contributed by atoms with E-state index in [2.05, 4.69) is 5.32 Å². The first-order valence-corrected chi connectivity index (χ1v) is 7.66. The number of amides is 1. The van der Waals surface area contributed by atoms with Crippen molar-refractivity contribution in [2.75, 3.05) is 20.1 Å². The Labute approximate surface area is 111 Å². The minimum Gasteiger partial charge on any atom is -0.343 e. The Bertz CT molecular complexity index is 255. The third-order valence-corrected chi connectivity index (χ3v) is 4.60. The molecule has 1 unspecified atom stereocenters. The van der Waals surface area contributed by atoms with Gasteiger partial charge < -0.3 is 4.90 Å². The van der Waals surface area contributed by atoms with Gasteiger partial charge in [0.05, 0.1) is 0 Å². The molecule has 3 heteroatoms. The molecular formula is C15H27N2O. The van der Waals surface area contributed by atoms with Crippen molar-refractivity contribution in [1.29, 1.82) is 0 Å². The molecule has 1 amide bonds. The van der Waals surface area contributed by atoms with Crippen LogP contribution < -0.4 is 5.32 Å². The Balaban J connectivity index is 1.69. The summed E-state index contributed by atoms with van der Waals surface area (Å²) in [7, 11) is 2.00. The van der Waals surface area contributed by atoms with Crippen LogP contribution in [0.3, 0.4) is 0 Å². The van der Waals surface area contributed by atoms with Gasteiger partial charge in [0.1, 0.15) is 0 Å². The van der Waals surface area contributed by atoms with Gasteiger partial charge in [0.25, 0.3) is 0 Å². The maximum absolute atomic E-state index is 12.2. The van der Waals surface area contributed by atoms with Gasteiger partial charge in [-0.1, -0.05) is 19.3 Å². The van der Waals surface area contributed by atoms with Crippen molar-refractivity contribution >= 4 is 5.91 Å². The van der Waals surface area contributed by atoms with E-state index in [0.29, 0.717) is 17.9 Å². The lowest BCUT2D eigenvalue weighted by Crippen LogP contribution is -2.38. The molecule has 1 radical (unpaired) electrons. The highest BCUT2D eigenvalue weighted by atomic mass is 16.2. The van der Waals surface area contributed by atoms with Crippen LogP contribution in [0.4, 0.5) is 0 Å². The van der Waals surface area contributed by atoms with E-state index < -0.39 is 0 Å². The average molecular weight is 251 g/mol. The van der Waals surface area contributed by atoms with Crippen molar-refractivity contribution in [3.05, 3.63) is 0 Å². The van der Waals surface area contributed by atoms with Crippen molar-refractivity contribution in [3.63, 3.8) is 0 Å². The van der Waals surface area contributed by atoms with E-state index in [-0.39, 0.29) is 0 Å². The maximum Gasteiger partial charge on any atom is 0.222 e. The van der Waals surface area contributed by atoms with Gasteiger partial charge in [0.2, 0.25) is 5.91 Å². The van der Waals surface area contributed by atoms with Gasteiger partial charge in [-0.2, -0.15) is 0 Å². The second-order valence-electron chi connectivity index (χ2n) is 5.97. The average Bonchev–Trinajstić information content (AvgIpc) is 2.46. The summed E-state index contributed by atoms with van der Waals surface area (Å²) in [6.45, 7) is 2.02. The van der Waals surface area contributed by atoms with Crippen molar-refractivity contribution in [3.8, 4) is 0 Å². The molecule has 2 rings (SSSR count). The number of carbonyl (C=O) groups is 1. The number of hydrogen-bond donors (Lipinski definition) is 0. The Morgan fingerprint density at radius 2 is 1.94 bits per heavy atom. The van der Waals surface area contributed by atoms with Gasteiger partial charge in [-0.3, -0.25) is 4.79 Å². The Morgan fingerprint density at radius 3 is 2.61 bits per heavy atom. The quantitative estimate of drug-likeness (QED) is 0.756. The molecule has 0 N–H and O–H groups in total. The van der Waals surface area contributed by atoms with Crippen LogP contribution in [0.1, 0.15) is 57.8 Å². The van der Waals surface area contributed by atoms with Crippen LogP contribution in [0.25, 0.3) is 0 Å². The van der Waals surface area contributed by atoms with Crippen molar-refractivity contribution in [1.82, 2.24) is 10.2 Å². The lowest BCUT2D eigenvalue weighted by molar-refractivity contribution is -0.132. The molecule has 2 aliphatic rings. The molecule has 3 nitrogen and oxygen atoms in total. The number of hydrogen-bond acceptors (Lipinski definition) is 1. The first kappa shape index (κ1) is 13.9. The zero-order valence-electron chi connectivity index (χ0n) is 11.7. The maximum atomic E-state index is 12.2. The lowest BCUT2D eigenvalue weighted by Gasteiger charge is -2.32. The fourth-order valence-corrected chi connectivity index (χ4v) is 3.27. The highest BCUT2D eigenvalue weighted by molar-refractivity contribution is 5.76. The summed E-state index contributed by atoms with van der Waals surface area (Å²) in [6, 6.07) is 0.516. The summed E-state index contributed by atoms with van der Waals surface area (Å²) in [5.41, 5.74) is 0. The summed E-state index contributed by atoms with van der Waals surface area (Å²) in [4.78, 5) is 14.2. The van der Waals surface area contributed by atoms with Crippen LogP contribution in [-0.4, -0.2) is 37.0 Å². The first-order chi connectivity index (χ1) is 8.77. The molecule has 1 saturated heterocycles. The second-order valence-corrected chi connectivity index (χ2v) is 5.97. The normalized spacial score (nSPS) is 25.9. The third-order valence-electron chi connectivity index (χ3n) is 4.60. The molecule has 18 heavy (non-hydrogen) atoms. The van der Waals surface area contributed by atoms with Crippen LogP contribution in [0.2, 0.25) is 0 Å². The molecule has 0 spiro atoms. The Kier molecular flexibility index (Phi) is 5.48. The molecule has 103 valence electrons. The summed E-state index contributed by atoms with van der Waals surface area (Å²) in [5.74, 6) is 1.02. The van der Waals surface area contributed by atoms with Crippen LogP contribution in [0.5, 0.6) is 0 Å². The van der Waals surface area contributed by atoms with E-state index in [1.54, 1.807) is 0 Å². The standard InChI is InChI=1S/C15H27N2O/c1-17(14-7-3-2-4-8-14)15(18)10-9-13-6-5-11-16-12-13/h13-14H,2-12H2,1H3. The Morgan fingerprint density at radius 1 is 1.17 bits per heavy atom. The molecule has 0 aromatic carbocycles. The summed E-state index contributed by atoms with van der Waals surface area (Å²) in [6.07, 6.45) is 10.6. The zero-order valence-corrected chi connectivity index (χ0v) is 11.7. The highest BCUT2D eigenvalue weighted by Crippen LogP contribution is 2.23. The molecule has 1 aliphatic carbocycles. The number of nitrogens with zero attached hydrogens (tertiary/aromatic N) is 2. The molecular weight excluding hydrogens is 224 g/mol. The van der Waals surface area contributed by atoms with Crippen molar-refractivity contribution in [2.45, 2.75) is 63.8 Å². The first-order valence-electron chi connectivity index (χ1n) is 7.66. The van der Waals surface area contributed by atoms with Crippen LogP contribution in [-0.2, 0) is 4.79 Å². The number of rotatable bonds is 4. The van der Waals surface area contributed by atoms with Gasteiger partial charge in [-0.25, -0.2) is 5.32 Å². The Hall–Kier alpha value is -0.570. The summed E-state index contributed by atoms with van der Waals surface area (Å²) in [5, 5.41) is 4.45. The van der Waals surface area contributed by atoms with Crippen molar-refractivity contribution < 1.29 is 4.79 Å². The fourth-order valence-electron chi connectivity index (χ4n) is 3.27. The predicted molar refractivity (Wildman–Crippen MR) is 73.5 cm³/mol. The topological polar surface area (TPSA) is 34.4 Å². The molecule has 1 aliphatic heterocycles. The minimum absolute atomic E-state index is 0.354. The van der Waals surface area contributed by atoms with Crippen LogP contribution in [0.15, 0.2) is 0 Å². The highest BCUT2D eigenvalue weighted by Gasteiger charge is 2.23. The van der Waals surface area contributed by atoms with E-state index in [1.165, 1.54) is 44.9 Å². The van der Waals surface area contributed by atoms with E-state index >= 15 is 0 Å². The van der Waals surface area contributed by atoms with E-state index in [4.69, 9.17) is 0 Å². The lowest BCUT2D eigenvalue weighted by atomic mass is 9.92. The van der Waals surface area contributed by atoms with E-state index in [0.717, 1.165) is 25.9 Å². The van der Waals surface area contributed by atoms with Gasteiger partial charge in [0, 0.05) is 32.6 Å².